The zero-order valence-electron chi connectivity index (χ0n) is 12.3. The number of carboxylic acids is 1. The maximum absolute atomic E-state index is 10.6. The number of primary amides is 2. The van der Waals surface area contributed by atoms with Crippen LogP contribution in [0.3, 0.4) is 0 Å². The second kappa shape index (κ2) is 9.40. The van der Waals surface area contributed by atoms with Crippen molar-refractivity contribution in [1.29, 1.82) is 0 Å². The number of para-hydroxylation sites is 1. The van der Waals surface area contributed by atoms with Crippen molar-refractivity contribution in [2.75, 3.05) is 0 Å². The van der Waals surface area contributed by atoms with E-state index in [2.05, 4.69) is 16.5 Å². The number of aromatic amines is 1. The minimum atomic E-state index is -6.00. The molecule has 1 heterocycles. The standard InChI is InChI=1S/C11H12N2O2.CH4N2O.BF4/c12-9(11(14)15)5-7-6-13-10-4-2-1-3-8(7)10;2-1(3)4;2-1(3,4)5/h1-4,6,9,13H,5,12H2,(H,14,15);(H4,2,3,4);/q;;-1/t9-;;/m0../s1. The molecule has 12 heteroatoms. The molecule has 0 unspecified atom stereocenters. The number of halogens is 4. The van der Waals surface area contributed by atoms with E-state index >= 15 is 0 Å². The second-order valence-corrected chi connectivity index (χ2v) is 4.41. The predicted octanol–water partition coefficient (Wildman–Crippen LogP) is 1.45. The molecule has 0 spiro atoms. The third-order valence-electron chi connectivity index (χ3n) is 2.43. The molecule has 2 amide bonds. The number of carbonyl (C=O) groups is 2. The zero-order chi connectivity index (χ0) is 18.9. The maximum Gasteiger partial charge on any atom is 0.673 e. The average molecular weight is 351 g/mol. The summed E-state index contributed by atoms with van der Waals surface area (Å²) in [7, 11) is -6.00. The van der Waals surface area contributed by atoms with Crippen molar-refractivity contribution < 1.29 is 32.0 Å². The molecule has 24 heavy (non-hydrogen) atoms. The molecule has 0 aliphatic heterocycles. The number of hydrogen-bond acceptors (Lipinski definition) is 3. The summed E-state index contributed by atoms with van der Waals surface area (Å²) >= 11 is 0. The minimum Gasteiger partial charge on any atom is -0.480 e. The van der Waals surface area contributed by atoms with E-state index in [1.165, 1.54) is 0 Å². The number of nitrogens with two attached hydrogens (primary N) is 3. The number of rotatable bonds is 3. The van der Waals surface area contributed by atoms with Gasteiger partial charge in [0.1, 0.15) is 6.04 Å². The van der Waals surface area contributed by atoms with Crippen LogP contribution in [-0.2, 0) is 11.2 Å². The van der Waals surface area contributed by atoms with Crippen LogP contribution in [0.25, 0.3) is 10.9 Å². The fourth-order valence-corrected chi connectivity index (χ4v) is 1.62. The molecule has 0 radical (unpaired) electrons. The zero-order valence-corrected chi connectivity index (χ0v) is 12.3. The lowest BCUT2D eigenvalue weighted by atomic mass is 10.1. The molecule has 0 saturated heterocycles. The summed E-state index contributed by atoms with van der Waals surface area (Å²) in [6.07, 6.45) is 2.16. The number of aliphatic carboxylic acids is 1. The number of nitrogens with one attached hydrogen (secondary N) is 1. The number of urea groups is 1. The number of aromatic nitrogens is 1. The van der Waals surface area contributed by atoms with Gasteiger partial charge in [0.15, 0.2) is 0 Å². The largest absolute Gasteiger partial charge is 0.673 e. The van der Waals surface area contributed by atoms with Gasteiger partial charge in [0.2, 0.25) is 0 Å². The Balaban J connectivity index is 0.000000492. The van der Waals surface area contributed by atoms with Crippen LogP contribution in [0.1, 0.15) is 5.56 Å². The lowest BCUT2D eigenvalue weighted by Crippen LogP contribution is -2.32. The predicted molar refractivity (Wildman–Crippen MR) is 81.6 cm³/mol. The van der Waals surface area contributed by atoms with Crippen LogP contribution in [0, 0.1) is 0 Å². The van der Waals surface area contributed by atoms with Gasteiger partial charge in [-0.1, -0.05) is 18.2 Å². The van der Waals surface area contributed by atoms with Gasteiger partial charge in [-0.2, -0.15) is 0 Å². The van der Waals surface area contributed by atoms with Crippen molar-refractivity contribution in [3.8, 4) is 0 Å². The number of hydrogen-bond donors (Lipinski definition) is 5. The average Bonchev–Trinajstić information content (AvgIpc) is 2.79. The van der Waals surface area contributed by atoms with Crippen molar-refractivity contribution in [3.05, 3.63) is 36.0 Å². The molecular weight excluding hydrogens is 335 g/mol. The van der Waals surface area contributed by atoms with Gasteiger partial charge in [-0.15, -0.1) is 0 Å². The Kier molecular flexibility index (Phi) is 8.32. The van der Waals surface area contributed by atoms with Crippen molar-refractivity contribution in [1.82, 2.24) is 4.98 Å². The fourth-order valence-electron chi connectivity index (χ4n) is 1.62. The van der Waals surface area contributed by atoms with Gasteiger partial charge in [-0.3, -0.25) is 4.79 Å². The van der Waals surface area contributed by atoms with Crippen LogP contribution < -0.4 is 17.2 Å². The Morgan fingerprint density at radius 2 is 1.62 bits per heavy atom. The first-order valence-electron chi connectivity index (χ1n) is 6.37. The summed E-state index contributed by atoms with van der Waals surface area (Å²) in [5.74, 6) is -0.972. The summed E-state index contributed by atoms with van der Waals surface area (Å²) in [6, 6.07) is 6.08. The molecule has 2 aromatic rings. The Bertz CT molecular complexity index is 668. The number of fused-ring (bicyclic) bond motifs is 1. The normalized spacial score (nSPS) is 11.5. The SMILES string of the molecule is F[B-](F)(F)F.NC(N)=O.N[C@@H](Cc1c[nH]c2ccccc12)C(=O)O. The third-order valence-corrected chi connectivity index (χ3v) is 2.43. The summed E-state index contributed by atoms with van der Waals surface area (Å²) in [5, 5.41) is 9.75. The number of benzene rings is 1. The molecule has 0 saturated carbocycles. The number of amides is 2. The van der Waals surface area contributed by atoms with E-state index in [0.717, 1.165) is 16.5 Å². The van der Waals surface area contributed by atoms with Crippen LogP contribution >= 0.6 is 0 Å². The Labute approximate surface area is 133 Å². The van der Waals surface area contributed by atoms with Crippen molar-refractivity contribution >= 4 is 30.2 Å². The molecule has 1 aromatic carbocycles. The molecule has 1 aromatic heterocycles. The van der Waals surface area contributed by atoms with Gasteiger partial charge >= 0.3 is 19.3 Å². The minimum absolute atomic E-state index is 0.347. The monoisotopic (exact) mass is 351 g/mol. The van der Waals surface area contributed by atoms with Crippen LogP contribution in [-0.4, -0.2) is 35.4 Å². The van der Waals surface area contributed by atoms with Gasteiger partial charge in [0.05, 0.1) is 0 Å². The molecule has 0 fully saturated rings. The topological polar surface area (TPSA) is 148 Å². The number of carboxylic acid groups (broad SMARTS) is 1. The first kappa shape index (κ1) is 21.2. The Morgan fingerprint density at radius 3 is 2.08 bits per heavy atom. The van der Waals surface area contributed by atoms with Crippen LogP contribution in [0.2, 0.25) is 0 Å². The fraction of sp³-hybridized carbons (Fsp3) is 0.167. The highest BCUT2D eigenvalue weighted by atomic mass is 19.5. The van der Waals surface area contributed by atoms with E-state index in [1.54, 1.807) is 0 Å². The molecule has 1 atom stereocenters. The van der Waals surface area contributed by atoms with Crippen LogP contribution in [0.5, 0.6) is 0 Å². The van der Waals surface area contributed by atoms with Crippen molar-refractivity contribution in [2.24, 2.45) is 17.2 Å². The van der Waals surface area contributed by atoms with Crippen LogP contribution in [0.15, 0.2) is 30.5 Å². The van der Waals surface area contributed by atoms with E-state index in [9.17, 15) is 22.1 Å². The highest BCUT2D eigenvalue weighted by Gasteiger charge is 2.20. The second-order valence-electron chi connectivity index (χ2n) is 4.41. The van der Waals surface area contributed by atoms with Crippen LogP contribution in [0.4, 0.5) is 22.1 Å². The molecule has 134 valence electrons. The van der Waals surface area contributed by atoms with Gasteiger partial charge in [0, 0.05) is 23.5 Å². The summed E-state index contributed by atoms with van der Waals surface area (Å²) in [4.78, 5) is 22.7. The van der Waals surface area contributed by atoms with E-state index in [0.29, 0.717) is 6.42 Å². The van der Waals surface area contributed by atoms with Gasteiger partial charge in [0.25, 0.3) is 0 Å². The van der Waals surface area contributed by atoms with E-state index in [4.69, 9.17) is 15.6 Å². The summed E-state index contributed by atoms with van der Waals surface area (Å²) in [5.41, 5.74) is 15.9. The maximum atomic E-state index is 10.6. The van der Waals surface area contributed by atoms with E-state index in [-0.39, 0.29) is 0 Å². The first-order chi connectivity index (χ1) is 10.9. The highest BCUT2D eigenvalue weighted by Crippen LogP contribution is 2.18. The summed E-state index contributed by atoms with van der Waals surface area (Å²) < 4.78 is 39.0. The Morgan fingerprint density at radius 1 is 1.17 bits per heavy atom. The van der Waals surface area contributed by atoms with Crippen molar-refractivity contribution in [2.45, 2.75) is 12.5 Å². The van der Waals surface area contributed by atoms with Gasteiger partial charge < -0.3 is 44.6 Å². The third kappa shape index (κ3) is 10.1. The van der Waals surface area contributed by atoms with E-state index in [1.807, 2.05) is 30.5 Å². The number of H-pyrrole nitrogens is 1. The molecular formula is C12H16BF4N4O3-. The van der Waals surface area contributed by atoms with E-state index < -0.39 is 25.3 Å². The molecule has 0 aliphatic rings. The molecule has 2 rings (SSSR count). The highest BCUT2D eigenvalue weighted by molar-refractivity contribution is 6.50. The molecule has 7 nitrogen and oxygen atoms in total. The van der Waals surface area contributed by atoms with Crippen molar-refractivity contribution in [3.63, 3.8) is 0 Å². The molecule has 0 aliphatic carbocycles. The smallest absolute Gasteiger partial charge is 0.480 e. The first-order valence-corrected chi connectivity index (χ1v) is 6.37. The number of carbonyl (C=O) groups excluding carboxylic acids is 1. The summed E-state index contributed by atoms with van der Waals surface area (Å²) in [6.45, 7) is 0. The Hall–Kier alpha value is -2.76. The van der Waals surface area contributed by atoms with Gasteiger partial charge in [-0.05, 0) is 11.6 Å². The quantitative estimate of drug-likeness (QED) is 0.420. The lowest BCUT2D eigenvalue weighted by molar-refractivity contribution is -0.138. The molecule has 8 N–H and O–H groups in total. The van der Waals surface area contributed by atoms with Gasteiger partial charge in [-0.25, -0.2) is 4.79 Å². The molecule has 0 bridgehead atoms. The lowest BCUT2D eigenvalue weighted by Gasteiger charge is -2.04.